The van der Waals surface area contributed by atoms with Gasteiger partial charge in [-0.15, -0.1) is 0 Å². The molecule has 0 aliphatic heterocycles. The second-order valence-corrected chi connectivity index (χ2v) is 3.04. The molecule has 0 fully saturated rings. The number of hydrogen-bond acceptors (Lipinski definition) is 0. The highest BCUT2D eigenvalue weighted by atomic mass is 79.9. The van der Waals surface area contributed by atoms with Gasteiger partial charge in [0.05, 0.1) is 5.08 Å². The van der Waals surface area contributed by atoms with E-state index in [2.05, 4.69) is 31.9 Å². The van der Waals surface area contributed by atoms with Crippen LogP contribution in [0.1, 0.15) is 21.4 Å². The van der Waals surface area contributed by atoms with Crippen molar-refractivity contribution in [1.82, 2.24) is 0 Å². The van der Waals surface area contributed by atoms with E-state index in [1.807, 2.05) is 0 Å². The third kappa shape index (κ3) is 4.96. The van der Waals surface area contributed by atoms with E-state index in [0.717, 1.165) is 0 Å². The van der Waals surface area contributed by atoms with Crippen molar-refractivity contribution in [3.8, 4) is 0 Å². The third-order valence-corrected chi connectivity index (χ3v) is 0.491. The normalized spacial score (nSPS) is 34.8. The van der Waals surface area contributed by atoms with Gasteiger partial charge in [0.1, 0.15) is 0 Å². The molecule has 0 bridgehead atoms. The van der Waals surface area contributed by atoms with Gasteiger partial charge in [-0.3, -0.25) is 0 Å². The lowest BCUT2D eigenvalue weighted by atomic mass is 10.6. The molecule has 0 aliphatic rings. The summed E-state index contributed by atoms with van der Waals surface area (Å²) < 4.78 is 39.5. The minimum absolute atomic E-state index is 1.97. The Hall–Kier alpha value is 0.960. The molecule has 0 nitrogen and oxygen atoms in total. The van der Waals surface area contributed by atoms with Gasteiger partial charge in [0.25, 0.3) is 0 Å². The standard InChI is InChI=1S/C3H6Br2/c1-2-3(4)5/h3H,2H2,1H3/i1D3,2D2,3D. The van der Waals surface area contributed by atoms with Crippen molar-refractivity contribution in [1.29, 1.82) is 0 Å². The summed E-state index contributed by atoms with van der Waals surface area (Å²) in [5.41, 5.74) is 0. The molecule has 5 heavy (non-hydrogen) atoms. The van der Waals surface area contributed by atoms with E-state index < -0.39 is 16.9 Å². The zero-order valence-corrected chi connectivity index (χ0v) is 5.43. The first-order valence-electron chi connectivity index (χ1n) is 3.88. The van der Waals surface area contributed by atoms with Gasteiger partial charge in [-0.05, 0) is 6.37 Å². The zero-order valence-electron chi connectivity index (χ0n) is 8.26. The van der Waals surface area contributed by atoms with Gasteiger partial charge in [-0.25, -0.2) is 0 Å². The van der Waals surface area contributed by atoms with Crippen LogP contribution >= 0.6 is 31.9 Å². The molecule has 0 unspecified atom stereocenters. The maximum Gasteiger partial charge on any atom is 0.0695 e. The topological polar surface area (TPSA) is 0 Å². The minimum Gasteiger partial charge on any atom is -0.0765 e. The number of rotatable bonds is 1. The van der Waals surface area contributed by atoms with Crippen LogP contribution in [0.5, 0.6) is 0 Å². The molecule has 0 radical (unpaired) electrons. The largest absolute Gasteiger partial charge is 0.0765 e. The number of hydrogen-bond donors (Lipinski definition) is 0. The van der Waals surface area contributed by atoms with Crippen molar-refractivity contribution >= 4 is 31.9 Å². The summed E-state index contributed by atoms with van der Waals surface area (Å²) in [6.45, 7) is -2.82. The Balaban J connectivity index is 4.75. The highest BCUT2D eigenvalue weighted by Crippen LogP contribution is 2.10. The quantitative estimate of drug-likeness (QED) is 0.580. The molecule has 0 aromatic rings. The van der Waals surface area contributed by atoms with Crippen molar-refractivity contribution < 1.29 is 8.22 Å². The summed E-state index contributed by atoms with van der Waals surface area (Å²) in [7, 11) is 0. The Morgan fingerprint density at radius 2 is 3.00 bits per heavy atom. The molecule has 0 spiro atoms. The molecule has 0 amide bonds. The SMILES string of the molecule is [2H]C([2H])([2H])C([2H])([2H])C([2H])(Br)Br. The number of halogens is 2. The van der Waals surface area contributed by atoms with E-state index in [-0.39, 0.29) is 0 Å². The summed E-state index contributed by atoms with van der Waals surface area (Å²) in [5, 5.41) is 0. The first kappa shape index (κ1) is 1.22. The third-order valence-electron chi connectivity index (χ3n) is 0.0945. The molecule has 32 valence electrons. The monoisotopic (exact) mass is 206 g/mol. The van der Waals surface area contributed by atoms with Gasteiger partial charge >= 0.3 is 0 Å². The van der Waals surface area contributed by atoms with Gasteiger partial charge in [0.2, 0.25) is 0 Å². The molecule has 0 aliphatic carbocycles. The second kappa shape index (κ2) is 3.16. The summed E-state index contributed by atoms with van der Waals surface area (Å²) in [6, 6.07) is 0. The first-order valence-corrected chi connectivity index (χ1v) is 2.46. The molecule has 0 N–H and O–H groups in total. The van der Waals surface area contributed by atoms with Crippen LogP contribution in [0.4, 0.5) is 0 Å². The van der Waals surface area contributed by atoms with E-state index in [9.17, 15) is 0 Å². The van der Waals surface area contributed by atoms with Gasteiger partial charge < -0.3 is 0 Å². The first-order chi connectivity index (χ1) is 4.50. The summed E-state index contributed by atoms with van der Waals surface area (Å²) >= 11 is 5.17. The van der Waals surface area contributed by atoms with Gasteiger partial charge in [-0.2, -0.15) is 0 Å². The average molecular weight is 208 g/mol. The lowest BCUT2D eigenvalue weighted by Gasteiger charge is -1.85. The predicted octanol–water partition coefficient (Wildman–Crippen LogP) is 2.51. The molecule has 0 heterocycles. The number of alkyl halides is 2. The van der Waals surface area contributed by atoms with Gasteiger partial charge in [0, 0.05) is 6.85 Å². The van der Waals surface area contributed by atoms with Crippen LogP contribution in [0.25, 0.3) is 0 Å². The summed E-state index contributed by atoms with van der Waals surface area (Å²) in [6.07, 6.45) is -2.62. The van der Waals surface area contributed by atoms with E-state index in [0.29, 0.717) is 0 Å². The minimum atomic E-state index is -2.82. The van der Waals surface area contributed by atoms with Gasteiger partial charge in [-0.1, -0.05) is 38.7 Å². The molecular weight excluding hydrogens is 196 g/mol. The predicted molar refractivity (Wildman–Crippen MR) is 31.9 cm³/mol. The summed E-state index contributed by atoms with van der Waals surface area (Å²) in [5.74, 6) is 0. The summed E-state index contributed by atoms with van der Waals surface area (Å²) in [4.78, 5) is 0. The van der Waals surface area contributed by atoms with Crippen molar-refractivity contribution in [2.24, 2.45) is 0 Å². The lowest BCUT2D eigenvalue weighted by Crippen LogP contribution is -1.73. The van der Waals surface area contributed by atoms with Crippen LogP contribution in [0.3, 0.4) is 0 Å². The molecule has 0 saturated heterocycles. The molecule has 0 saturated carbocycles. The van der Waals surface area contributed by atoms with Crippen LogP contribution < -0.4 is 0 Å². The van der Waals surface area contributed by atoms with Crippen molar-refractivity contribution in [3.05, 3.63) is 0 Å². The van der Waals surface area contributed by atoms with Crippen molar-refractivity contribution in [2.45, 2.75) is 16.9 Å². The highest BCUT2D eigenvalue weighted by Gasteiger charge is 1.85. The maximum absolute atomic E-state index is 7.09. The molecule has 0 aromatic carbocycles. The van der Waals surface area contributed by atoms with Crippen LogP contribution in [0, 0.1) is 0 Å². The van der Waals surface area contributed by atoms with Crippen LogP contribution in [-0.4, -0.2) is 3.71 Å². The Morgan fingerprint density at radius 3 is 3.00 bits per heavy atom. The fourth-order valence-corrected chi connectivity index (χ4v) is 0. The molecule has 0 aromatic heterocycles. The lowest BCUT2D eigenvalue weighted by molar-refractivity contribution is 1.08. The Kier molecular flexibility index (Phi) is 0.772. The molecule has 0 atom stereocenters. The zero-order chi connectivity index (χ0) is 9.50. The molecule has 0 rings (SSSR count). The average Bonchev–Trinajstić information content (AvgIpc) is 1.58. The van der Waals surface area contributed by atoms with Crippen LogP contribution in [0.15, 0.2) is 0 Å². The Bertz CT molecular complexity index is 127. The maximum atomic E-state index is 7.09. The van der Waals surface area contributed by atoms with Crippen LogP contribution in [-0.2, 0) is 0 Å². The Labute approximate surface area is 57.6 Å². The van der Waals surface area contributed by atoms with E-state index in [1.165, 1.54) is 0 Å². The van der Waals surface area contributed by atoms with E-state index in [1.54, 1.807) is 0 Å². The Morgan fingerprint density at radius 1 is 2.40 bits per heavy atom. The fourth-order valence-electron chi connectivity index (χ4n) is 0. The van der Waals surface area contributed by atoms with Crippen LogP contribution in [0.2, 0.25) is 0 Å². The van der Waals surface area contributed by atoms with Crippen molar-refractivity contribution in [2.75, 3.05) is 0 Å². The fraction of sp³-hybridized carbons (Fsp3) is 1.00. The molecule has 2 heteroatoms. The van der Waals surface area contributed by atoms with Crippen molar-refractivity contribution in [3.63, 3.8) is 0 Å². The second-order valence-electron chi connectivity index (χ2n) is 0.385. The molecular formula is C3H6Br2. The highest BCUT2D eigenvalue weighted by molar-refractivity contribution is 9.24. The van der Waals surface area contributed by atoms with E-state index >= 15 is 0 Å². The van der Waals surface area contributed by atoms with E-state index in [4.69, 9.17) is 8.22 Å². The smallest absolute Gasteiger partial charge is 0.0695 e. The van der Waals surface area contributed by atoms with Gasteiger partial charge in [0.15, 0.2) is 0 Å².